The van der Waals surface area contributed by atoms with E-state index in [0.717, 1.165) is 0 Å². The predicted molar refractivity (Wildman–Crippen MR) is 41.5 cm³/mol. The summed E-state index contributed by atoms with van der Waals surface area (Å²) >= 11 is 0. The van der Waals surface area contributed by atoms with Gasteiger partial charge >= 0.3 is 0 Å². The van der Waals surface area contributed by atoms with Gasteiger partial charge in [0.2, 0.25) is 5.95 Å². The normalized spacial score (nSPS) is 9.55. The van der Waals surface area contributed by atoms with Crippen LogP contribution in [0.15, 0.2) is 4.79 Å². The van der Waals surface area contributed by atoms with Crippen LogP contribution >= 0.6 is 0 Å². The van der Waals surface area contributed by atoms with Crippen LogP contribution < -0.4 is 28.3 Å². The number of hydrogen-bond donors (Lipinski definition) is 5. The molecular weight excluding hydrogens is 148 g/mol. The van der Waals surface area contributed by atoms with Gasteiger partial charge in [-0.05, 0) is 0 Å². The van der Waals surface area contributed by atoms with Crippen LogP contribution in [0.25, 0.3) is 0 Å². The SMILES string of the molecule is NNc1nc(N)[nH]c(=O)c1N. The summed E-state index contributed by atoms with van der Waals surface area (Å²) in [7, 11) is 0. The van der Waals surface area contributed by atoms with Crippen molar-refractivity contribution in [1.82, 2.24) is 9.97 Å². The summed E-state index contributed by atoms with van der Waals surface area (Å²) in [4.78, 5) is 16.6. The smallest absolute Gasteiger partial charge is 0.277 e. The predicted octanol–water partition coefficient (Wildman–Crippen LogP) is -1.78. The number of hydrazine groups is 1. The van der Waals surface area contributed by atoms with E-state index in [-0.39, 0.29) is 17.5 Å². The third-order valence-corrected chi connectivity index (χ3v) is 1.11. The maximum atomic E-state index is 10.8. The van der Waals surface area contributed by atoms with Crippen molar-refractivity contribution < 1.29 is 0 Å². The van der Waals surface area contributed by atoms with Crippen LogP contribution in [0.1, 0.15) is 0 Å². The molecule has 0 saturated heterocycles. The van der Waals surface area contributed by atoms with Gasteiger partial charge in [0.25, 0.3) is 5.56 Å². The van der Waals surface area contributed by atoms with Gasteiger partial charge in [0.05, 0.1) is 0 Å². The highest BCUT2D eigenvalue weighted by Crippen LogP contribution is 2.06. The first-order chi connectivity index (χ1) is 5.15. The number of hydrogen-bond acceptors (Lipinski definition) is 6. The molecule has 0 aliphatic carbocycles. The third kappa shape index (κ3) is 1.22. The van der Waals surface area contributed by atoms with Crippen LogP contribution in [0, 0.1) is 0 Å². The van der Waals surface area contributed by atoms with Gasteiger partial charge in [0.15, 0.2) is 5.82 Å². The minimum atomic E-state index is -0.509. The number of nitrogens with two attached hydrogens (primary N) is 3. The van der Waals surface area contributed by atoms with E-state index < -0.39 is 5.56 Å². The minimum Gasteiger partial charge on any atom is -0.391 e. The molecule has 1 rings (SSSR count). The van der Waals surface area contributed by atoms with E-state index in [1.807, 2.05) is 0 Å². The zero-order chi connectivity index (χ0) is 8.43. The van der Waals surface area contributed by atoms with Crippen molar-refractivity contribution in [3.8, 4) is 0 Å². The molecule has 0 aliphatic heterocycles. The molecule has 1 heterocycles. The molecule has 8 N–H and O–H groups in total. The van der Waals surface area contributed by atoms with Crippen molar-refractivity contribution in [2.75, 3.05) is 16.9 Å². The lowest BCUT2D eigenvalue weighted by Gasteiger charge is -2.01. The van der Waals surface area contributed by atoms with Crippen LogP contribution in [-0.2, 0) is 0 Å². The van der Waals surface area contributed by atoms with E-state index in [4.69, 9.17) is 17.3 Å². The Bertz CT molecular complexity index is 317. The Morgan fingerprint density at radius 2 is 2.09 bits per heavy atom. The summed E-state index contributed by atoms with van der Waals surface area (Å²) in [6.45, 7) is 0. The Labute approximate surface area is 61.6 Å². The molecule has 0 radical (unpaired) electrons. The number of nitrogens with one attached hydrogen (secondary N) is 2. The van der Waals surface area contributed by atoms with E-state index in [1.165, 1.54) is 0 Å². The molecule has 0 atom stereocenters. The maximum absolute atomic E-state index is 10.8. The van der Waals surface area contributed by atoms with E-state index >= 15 is 0 Å². The summed E-state index contributed by atoms with van der Waals surface area (Å²) in [5, 5.41) is 0. The lowest BCUT2D eigenvalue weighted by Crippen LogP contribution is -2.21. The molecule has 0 spiro atoms. The molecule has 1 aromatic heterocycles. The second-order valence-electron chi connectivity index (χ2n) is 1.86. The van der Waals surface area contributed by atoms with Gasteiger partial charge in [-0.25, -0.2) is 5.84 Å². The van der Waals surface area contributed by atoms with Crippen molar-refractivity contribution in [2.45, 2.75) is 0 Å². The molecular formula is C4H8N6O. The van der Waals surface area contributed by atoms with E-state index in [1.54, 1.807) is 0 Å². The molecule has 7 nitrogen and oxygen atoms in total. The van der Waals surface area contributed by atoms with Crippen molar-refractivity contribution >= 4 is 17.5 Å². The van der Waals surface area contributed by atoms with Crippen molar-refractivity contribution in [2.24, 2.45) is 5.84 Å². The lowest BCUT2D eigenvalue weighted by molar-refractivity contribution is 1.12. The second kappa shape index (κ2) is 2.46. The number of nitrogens with zero attached hydrogens (tertiary/aromatic N) is 1. The molecule has 0 bridgehead atoms. The Balaban J connectivity index is 3.36. The van der Waals surface area contributed by atoms with Crippen molar-refractivity contribution in [1.29, 1.82) is 0 Å². The number of nitrogen functional groups attached to an aromatic ring is 3. The second-order valence-corrected chi connectivity index (χ2v) is 1.86. The van der Waals surface area contributed by atoms with Crippen LogP contribution in [-0.4, -0.2) is 9.97 Å². The van der Waals surface area contributed by atoms with Gasteiger partial charge in [0.1, 0.15) is 5.69 Å². The van der Waals surface area contributed by atoms with Crippen molar-refractivity contribution in [3.05, 3.63) is 10.4 Å². The average Bonchev–Trinajstić information content (AvgIpc) is 1.96. The summed E-state index contributed by atoms with van der Waals surface area (Å²) in [6.07, 6.45) is 0. The Hall–Kier alpha value is -1.76. The first-order valence-corrected chi connectivity index (χ1v) is 2.77. The summed E-state index contributed by atoms with van der Waals surface area (Å²) in [5.74, 6) is 5.03. The molecule has 11 heavy (non-hydrogen) atoms. The third-order valence-electron chi connectivity index (χ3n) is 1.11. The monoisotopic (exact) mass is 156 g/mol. The molecule has 60 valence electrons. The van der Waals surface area contributed by atoms with E-state index in [2.05, 4.69) is 15.4 Å². The molecule has 7 heteroatoms. The summed E-state index contributed by atoms with van der Waals surface area (Å²) in [6, 6.07) is 0. The van der Waals surface area contributed by atoms with Gasteiger partial charge in [-0.15, -0.1) is 0 Å². The van der Waals surface area contributed by atoms with Gasteiger partial charge in [-0.1, -0.05) is 0 Å². The topological polar surface area (TPSA) is 136 Å². The molecule has 1 aromatic rings. The van der Waals surface area contributed by atoms with Crippen LogP contribution in [0.4, 0.5) is 17.5 Å². The van der Waals surface area contributed by atoms with Crippen LogP contribution in [0.5, 0.6) is 0 Å². The van der Waals surface area contributed by atoms with E-state index in [0.29, 0.717) is 0 Å². The lowest BCUT2D eigenvalue weighted by atomic mass is 10.5. The molecule has 0 saturated carbocycles. The fraction of sp³-hybridized carbons (Fsp3) is 0. The largest absolute Gasteiger partial charge is 0.391 e. The quantitative estimate of drug-likeness (QED) is 0.241. The zero-order valence-corrected chi connectivity index (χ0v) is 5.59. The van der Waals surface area contributed by atoms with Gasteiger partial charge in [-0.3, -0.25) is 9.78 Å². The van der Waals surface area contributed by atoms with Gasteiger partial charge < -0.3 is 16.9 Å². The fourth-order valence-electron chi connectivity index (χ4n) is 0.610. The molecule has 0 fully saturated rings. The van der Waals surface area contributed by atoms with Gasteiger partial charge in [0, 0.05) is 0 Å². The number of H-pyrrole nitrogens is 1. The fourth-order valence-corrected chi connectivity index (χ4v) is 0.610. The summed E-state index contributed by atoms with van der Waals surface area (Å²) < 4.78 is 0. The maximum Gasteiger partial charge on any atom is 0.277 e. The van der Waals surface area contributed by atoms with Gasteiger partial charge in [-0.2, -0.15) is 4.98 Å². The summed E-state index contributed by atoms with van der Waals surface area (Å²) in [5.41, 5.74) is 12.0. The Morgan fingerprint density at radius 3 is 2.64 bits per heavy atom. The van der Waals surface area contributed by atoms with E-state index in [9.17, 15) is 4.79 Å². The first-order valence-electron chi connectivity index (χ1n) is 2.77. The number of anilines is 3. The molecule has 0 amide bonds. The minimum absolute atomic E-state index is 0.0304. The highest BCUT2D eigenvalue weighted by Gasteiger charge is 2.03. The first kappa shape index (κ1) is 7.35. The number of aromatic amines is 1. The molecule has 0 aromatic carbocycles. The zero-order valence-electron chi connectivity index (χ0n) is 5.59. The molecule has 0 aliphatic rings. The van der Waals surface area contributed by atoms with Crippen LogP contribution in [0.2, 0.25) is 0 Å². The average molecular weight is 156 g/mol. The van der Waals surface area contributed by atoms with Crippen LogP contribution in [0.3, 0.4) is 0 Å². The Morgan fingerprint density at radius 1 is 1.45 bits per heavy atom. The highest BCUT2D eigenvalue weighted by atomic mass is 16.1. The highest BCUT2D eigenvalue weighted by molar-refractivity contribution is 5.60. The van der Waals surface area contributed by atoms with Crippen molar-refractivity contribution in [3.63, 3.8) is 0 Å². The number of aromatic nitrogens is 2. The molecule has 0 unspecified atom stereocenters. The standard InChI is InChI=1S/C4H8N6O/c5-1-2(10-7)8-4(6)9-3(1)11/h5,7H2,(H4,6,8,9,10,11). The Kier molecular flexibility index (Phi) is 1.65. The number of rotatable bonds is 1.